The van der Waals surface area contributed by atoms with Crippen LogP contribution in [0.3, 0.4) is 0 Å². The number of rotatable bonds is 6. The lowest BCUT2D eigenvalue weighted by Crippen LogP contribution is -2.48. The van der Waals surface area contributed by atoms with Crippen LogP contribution in [0.5, 0.6) is 0 Å². The predicted molar refractivity (Wildman–Crippen MR) is 119 cm³/mol. The maximum absolute atomic E-state index is 14.1. The van der Waals surface area contributed by atoms with E-state index in [1.54, 1.807) is 0 Å². The summed E-state index contributed by atoms with van der Waals surface area (Å²) in [5.74, 6) is -4.28. The number of piperazine rings is 1. The zero-order chi connectivity index (χ0) is 24.5. The third kappa shape index (κ3) is 4.95. The van der Waals surface area contributed by atoms with E-state index in [0.29, 0.717) is 11.9 Å². The van der Waals surface area contributed by atoms with Crippen molar-refractivity contribution in [1.82, 2.24) is 24.2 Å². The number of sulfonamides is 1. The predicted octanol–water partition coefficient (Wildman–Crippen LogP) is 2.43. The summed E-state index contributed by atoms with van der Waals surface area (Å²) < 4.78 is 67.3. The van der Waals surface area contributed by atoms with Gasteiger partial charge in [0.15, 0.2) is 17.5 Å². The van der Waals surface area contributed by atoms with Crippen molar-refractivity contribution in [2.75, 3.05) is 37.2 Å². The third-order valence-electron chi connectivity index (χ3n) is 5.40. The molecule has 0 bridgehead atoms. The smallest absolute Gasteiger partial charge is 0.246 e. The largest absolute Gasteiger partial charge is 0.368 e. The van der Waals surface area contributed by atoms with Crippen molar-refractivity contribution in [3.05, 3.63) is 65.2 Å². The first-order valence-corrected chi connectivity index (χ1v) is 11.8. The quantitative estimate of drug-likeness (QED) is 0.503. The Hall–Kier alpha value is -3.29. The van der Waals surface area contributed by atoms with Crippen LogP contribution in [0.25, 0.3) is 0 Å². The van der Waals surface area contributed by atoms with E-state index in [1.165, 1.54) is 0 Å². The molecule has 3 N–H and O–H groups in total. The Labute approximate surface area is 194 Å². The van der Waals surface area contributed by atoms with E-state index in [9.17, 15) is 21.6 Å². The highest BCUT2D eigenvalue weighted by atomic mass is 32.2. The summed E-state index contributed by atoms with van der Waals surface area (Å²) in [5, 5.41) is 3.11. The fraction of sp³-hybridized carbons (Fsp3) is 0.286. The second-order valence-electron chi connectivity index (χ2n) is 7.73. The average molecular weight is 494 g/mol. The lowest BCUT2D eigenvalue weighted by molar-refractivity contribution is 0.178. The highest BCUT2D eigenvalue weighted by molar-refractivity contribution is 7.89. The van der Waals surface area contributed by atoms with Crippen LogP contribution in [0, 0.1) is 24.4 Å². The normalized spacial score (nSPS) is 15.4. The number of aromatic nitrogens is 3. The number of halogens is 3. The summed E-state index contributed by atoms with van der Waals surface area (Å²) >= 11 is 0. The van der Waals surface area contributed by atoms with Gasteiger partial charge < -0.3 is 11.1 Å². The lowest BCUT2D eigenvalue weighted by atomic mass is 10.2. The minimum absolute atomic E-state index is 0.0235. The van der Waals surface area contributed by atoms with Crippen LogP contribution < -0.4 is 11.1 Å². The molecule has 1 aliphatic heterocycles. The average Bonchev–Trinajstić information content (AvgIpc) is 2.79. The maximum Gasteiger partial charge on any atom is 0.246 e. The van der Waals surface area contributed by atoms with Gasteiger partial charge in [-0.2, -0.15) is 19.3 Å². The number of hydrogen-bond acceptors (Lipinski definition) is 8. The van der Waals surface area contributed by atoms with Gasteiger partial charge >= 0.3 is 0 Å². The van der Waals surface area contributed by atoms with Crippen molar-refractivity contribution in [3.63, 3.8) is 0 Å². The molecule has 4 rings (SSSR count). The van der Waals surface area contributed by atoms with Crippen LogP contribution in [-0.2, 0) is 16.6 Å². The van der Waals surface area contributed by atoms with E-state index in [1.807, 2.05) is 36.1 Å². The summed E-state index contributed by atoms with van der Waals surface area (Å²) in [4.78, 5) is 13.7. The second kappa shape index (κ2) is 9.52. The topological polar surface area (TPSA) is 117 Å². The van der Waals surface area contributed by atoms with E-state index < -0.39 is 32.4 Å². The van der Waals surface area contributed by atoms with Crippen LogP contribution in [-0.4, -0.2) is 58.8 Å². The van der Waals surface area contributed by atoms with Gasteiger partial charge in [0.2, 0.25) is 21.9 Å². The molecule has 2 aromatic carbocycles. The van der Waals surface area contributed by atoms with Crippen LogP contribution in [0.2, 0.25) is 0 Å². The molecule has 1 fully saturated rings. The van der Waals surface area contributed by atoms with Gasteiger partial charge in [-0.3, -0.25) is 4.90 Å². The highest BCUT2D eigenvalue weighted by Crippen LogP contribution is 2.24. The molecule has 3 aromatic rings. The van der Waals surface area contributed by atoms with Gasteiger partial charge in [-0.25, -0.2) is 21.6 Å². The summed E-state index contributed by atoms with van der Waals surface area (Å²) in [6.45, 7) is 2.84. The molecule has 9 nitrogen and oxygen atoms in total. The number of nitrogen functional groups attached to an aromatic ring is 1. The van der Waals surface area contributed by atoms with Crippen LogP contribution in [0.1, 0.15) is 11.4 Å². The molecule has 0 unspecified atom stereocenters. The van der Waals surface area contributed by atoms with Gasteiger partial charge in [0, 0.05) is 31.9 Å². The summed E-state index contributed by atoms with van der Waals surface area (Å²) in [7, 11) is -4.33. The van der Waals surface area contributed by atoms with Crippen molar-refractivity contribution in [2.45, 2.75) is 18.4 Å². The number of nitrogens with zero attached hydrogens (tertiary/aromatic N) is 5. The Kier molecular flexibility index (Phi) is 6.68. The molecule has 1 aliphatic rings. The molecule has 0 amide bonds. The first kappa shape index (κ1) is 23.9. The van der Waals surface area contributed by atoms with Crippen molar-refractivity contribution in [3.8, 4) is 0 Å². The Balaban J connectivity index is 1.43. The first-order chi connectivity index (χ1) is 16.1. The molecule has 0 saturated carbocycles. The standard InChI is InChI=1S/C21H22F3N7O2S/c1-13-4-2-3-5-15(13)26-21-28-17(27-20(25)29-21)12-30-8-10-31(11-9-30)34(32,33)16-7-6-14(22)18(23)19(16)24/h2-7H,8-12H2,1H3,(H3,25,26,27,28,29). The van der Waals surface area contributed by atoms with Gasteiger partial charge in [0.05, 0.1) is 6.54 Å². The van der Waals surface area contributed by atoms with E-state index in [2.05, 4.69) is 20.3 Å². The molecule has 1 saturated heterocycles. The molecule has 180 valence electrons. The fourth-order valence-electron chi connectivity index (χ4n) is 3.57. The number of para-hydroxylation sites is 1. The van der Waals surface area contributed by atoms with E-state index >= 15 is 0 Å². The highest BCUT2D eigenvalue weighted by Gasteiger charge is 2.32. The number of nitrogens with one attached hydrogen (secondary N) is 1. The van der Waals surface area contributed by atoms with Crippen molar-refractivity contribution in [1.29, 1.82) is 0 Å². The van der Waals surface area contributed by atoms with Crippen LogP contribution >= 0.6 is 0 Å². The third-order valence-corrected chi connectivity index (χ3v) is 7.32. The summed E-state index contributed by atoms with van der Waals surface area (Å²) in [6, 6.07) is 8.92. The molecule has 1 aromatic heterocycles. The number of anilines is 3. The Bertz CT molecular complexity index is 1320. The molecule has 0 spiro atoms. The first-order valence-electron chi connectivity index (χ1n) is 10.3. The Morgan fingerprint density at radius 2 is 1.68 bits per heavy atom. The second-order valence-corrected chi connectivity index (χ2v) is 9.63. The summed E-state index contributed by atoms with van der Waals surface area (Å²) in [5.41, 5.74) is 7.66. The Morgan fingerprint density at radius 1 is 0.971 bits per heavy atom. The molecule has 2 heterocycles. The fourth-order valence-corrected chi connectivity index (χ4v) is 5.05. The van der Waals surface area contributed by atoms with E-state index in [-0.39, 0.29) is 44.6 Å². The molecule has 0 atom stereocenters. The minimum Gasteiger partial charge on any atom is -0.368 e. The number of aryl methyl sites for hydroxylation is 1. The molecule has 13 heteroatoms. The summed E-state index contributed by atoms with van der Waals surface area (Å²) in [6.07, 6.45) is 0. The minimum atomic E-state index is -4.33. The SMILES string of the molecule is Cc1ccccc1Nc1nc(N)nc(CN2CCN(S(=O)(=O)c3ccc(F)c(F)c3F)CC2)n1. The molecular weight excluding hydrogens is 471 g/mol. The molecule has 0 aliphatic carbocycles. The van der Waals surface area contributed by atoms with Gasteiger partial charge in [0.1, 0.15) is 10.7 Å². The zero-order valence-corrected chi connectivity index (χ0v) is 19.0. The molecule has 0 radical (unpaired) electrons. The van der Waals surface area contributed by atoms with Crippen molar-refractivity contribution < 1.29 is 21.6 Å². The van der Waals surface area contributed by atoms with Gasteiger partial charge in [-0.1, -0.05) is 18.2 Å². The van der Waals surface area contributed by atoms with Gasteiger partial charge in [0.25, 0.3) is 0 Å². The lowest BCUT2D eigenvalue weighted by Gasteiger charge is -2.33. The zero-order valence-electron chi connectivity index (χ0n) is 18.2. The number of nitrogens with two attached hydrogens (primary N) is 1. The maximum atomic E-state index is 14.1. The van der Waals surface area contributed by atoms with Gasteiger partial charge in [-0.05, 0) is 30.7 Å². The molecular formula is C21H22F3N7O2S. The Morgan fingerprint density at radius 3 is 2.38 bits per heavy atom. The van der Waals surface area contributed by atoms with E-state index in [4.69, 9.17) is 5.73 Å². The van der Waals surface area contributed by atoms with E-state index in [0.717, 1.165) is 21.6 Å². The number of benzene rings is 2. The van der Waals surface area contributed by atoms with Crippen LogP contribution in [0.4, 0.5) is 30.8 Å². The molecule has 34 heavy (non-hydrogen) atoms. The van der Waals surface area contributed by atoms with Crippen molar-refractivity contribution in [2.24, 2.45) is 0 Å². The van der Waals surface area contributed by atoms with Crippen molar-refractivity contribution >= 4 is 27.6 Å². The number of hydrogen-bond donors (Lipinski definition) is 2. The van der Waals surface area contributed by atoms with Gasteiger partial charge in [-0.15, -0.1) is 0 Å². The van der Waals surface area contributed by atoms with Crippen LogP contribution in [0.15, 0.2) is 41.3 Å². The monoisotopic (exact) mass is 493 g/mol.